The maximum atomic E-state index is 10.0. The van der Waals surface area contributed by atoms with E-state index in [1.165, 1.54) is 19.3 Å². The fourth-order valence-corrected chi connectivity index (χ4v) is 0.880. The summed E-state index contributed by atoms with van der Waals surface area (Å²) in [5, 5.41) is 14.8. The van der Waals surface area contributed by atoms with Gasteiger partial charge >= 0.3 is 5.97 Å². The van der Waals surface area contributed by atoms with Crippen LogP contribution >= 0.6 is 0 Å². The van der Waals surface area contributed by atoms with Gasteiger partial charge in [0.1, 0.15) is 0 Å². The van der Waals surface area contributed by atoms with Crippen LogP contribution in [-0.4, -0.2) is 16.3 Å². The molecule has 0 fully saturated rings. The van der Waals surface area contributed by atoms with E-state index in [1.54, 1.807) is 0 Å². The number of carboxylic acid groups (broad SMARTS) is 1. The fourth-order valence-electron chi connectivity index (χ4n) is 0.880. The number of aliphatic carboxylic acids is 1. The SMILES string of the molecule is CCCCCCCC(=O)O.NO. The average Bonchev–Trinajstić information content (AvgIpc) is 2.07. The van der Waals surface area contributed by atoms with Crippen molar-refractivity contribution in [1.29, 1.82) is 0 Å². The van der Waals surface area contributed by atoms with E-state index in [2.05, 4.69) is 12.8 Å². The normalized spacial score (nSPS) is 8.58. The van der Waals surface area contributed by atoms with E-state index >= 15 is 0 Å². The van der Waals surface area contributed by atoms with Gasteiger partial charge in [-0.05, 0) is 6.42 Å². The van der Waals surface area contributed by atoms with Crippen molar-refractivity contribution in [3.63, 3.8) is 0 Å². The molecule has 12 heavy (non-hydrogen) atoms. The summed E-state index contributed by atoms with van der Waals surface area (Å²) in [6, 6.07) is 0. The molecule has 0 aromatic rings. The summed E-state index contributed by atoms with van der Waals surface area (Å²) in [4.78, 5) is 10.0. The van der Waals surface area contributed by atoms with Crippen LogP contribution in [0.4, 0.5) is 0 Å². The van der Waals surface area contributed by atoms with Crippen LogP contribution in [0.15, 0.2) is 0 Å². The van der Waals surface area contributed by atoms with Crippen LogP contribution in [0, 0.1) is 0 Å². The molecule has 0 rings (SSSR count). The van der Waals surface area contributed by atoms with E-state index in [0.717, 1.165) is 12.8 Å². The number of unbranched alkanes of at least 4 members (excludes halogenated alkanes) is 4. The van der Waals surface area contributed by atoms with Crippen LogP contribution in [0.5, 0.6) is 0 Å². The number of hydrogen-bond acceptors (Lipinski definition) is 3. The van der Waals surface area contributed by atoms with Gasteiger partial charge in [0.2, 0.25) is 0 Å². The predicted molar refractivity (Wildman–Crippen MR) is 47.0 cm³/mol. The van der Waals surface area contributed by atoms with Gasteiger partial charge in [0.15, 0.2) is 0 Å². The van der Waals surface area contributed by atoms with Gasteiger partial charge in [-0.2, -0.15) is 0 Å². The molecule has 0 aliphatic carbocycles. The first-order valence-electron chi connectivity index (χ1n) is 4.25. The minimum absolute atomic E-state index is 0.337. The second-order valence-corrected chi connectivity index (χ2v) is 2.56. The zero-order valence-corrected chi connectivity index (χ0v) is 7.62. The van der Waals surface area contributed by atoms with E-state index in [1.807, 2.05) is 0 Å². The Kier molecular flexibility index (Phi) is 15.1. The molecule has 0 saturated heterocycles. The molecule has 0 spiro atoms. The highest BCUT2D eigenvalue weighted by Crippen LogP contribution is 2.04. The lowest BCUT2D eigenvalue weighted by atomic mass is 10.1. The molecule has 0 atom stereocenters. The summed E-state index contributed by atoms with van der Waals surface area (Å²) in [7, 11) is 0. The maximum absolute atomic E-state index is 10.0. The Morgan fingerprint density at radius 1 is 1.17 bits per heavy atom. The minimum atomic E-state index is -0.670. The van der Waals surface area contributed by atoms with Crippen LogP contribution in [0.2, 0.25) is 0 Å². The predicted octanol–water partition coefficient (Wildman–Crippen LogP) is 1.77. The Morgan fingerprint density at radius 2 is 1.67 bits per heavy atom. The highest BCUT2D eigenvalue weighted by Gasteiger charge is 1.94. The van der Waals surface area contributed by atoms with E-state index < -0.39 is 5.97 Å². The largest absolute Gasteiger partial charge is 0.481 e. The molecule has 0 aromatic heterocycles. The third-order valence-electron chi connectivity index (χ3n) is 1.49. The number of nitrogens with two attached hydrogens (primary N) is 1. The first kappa shape index (κ1) is 13.9. The van der Waals surface area contributed by atoms with Crippen LogP contribution < -0.4 is 5.90 Å². The van der Waals surface area contributed by atoms with Gasteiger partial charge < -0.3 is 10.3 Å². The number of carboxylic acids is 1. The van der Waals surface area contributed by atoms with Crippen molar-refractivity contribution in [3.05, 3.63) is 0 Å². The van der Waals surface area contributed by atoms with Crippen molar-refractivity contribution < 1.29 is 15.1 Å². The van der Waals surface area contributed by atoms with Gasteiger partial charge in [-0.1, -0.05) is 32.6 Å². The Hall–Kier alpha value is -0.610. The topological polar surface area (TPSA) is 83.5 Å². The third kappa shape index (κ3) is 16.2. The van der Waals surface area contributed by atoms with E-state index in [4.69, 9.17) is 10.3 Å². The Labute approximate surface area is 73.3 Å². The third-order valence-corrected chi connectivity index (χ3v) is 1.49. The quantitative estimate of drug-likeness (QED) is 0.426. The summed E-state index contributed by atoms with van der Waals surface area (Å²) in [6.45, 7) is 2.15. The molecule has 4 nitrogen and oxygen atoms in total. The fraction of sp³-hybridized carbons (Fsp3) is 0.875. The van der Waals surface area contributed by atoms with Gasteiger partial charge in [-0.15, -0.1) is 0 Å². The summed E-state index contributed by atoms with van der Waals surface area (Å²) in [5.74, 6) is 2.83. The second kappa shape index (κ2) is 13.0. The van der Waals surface area contributed by atoms with Crippen molar-refractivity contribution in [2.24, 2.45) is 5.90 Å². The van der Waals surface area contributed by atoms with Gasteiger partial charge in [-0.3, -0.25) is 4.79 Å². The van der Waals surface area contributed by atoms with Crippen LogP contribution in [-0.2, 0) is 4.79 Å². The first-order chi connectivity index (χ1) is 5.77. The molecule has 0 aliphatic rings. The summed E-state index contributed by atoms with van der Waals surface area (Å²) >= 11 is 0. The lowest BCUT2D eigenvalue weighted by molar-refractivity contribution is -0.137. The Balaban J connectivity index is 0. The van der Waals surface area contributed by atoms with Crippen molar-refractivity contribution >= 4 is 5.97 Å². The molecule has 0 unspecified atom stereocenters. The van der Waals surface area contributed by atoms with E-state index in [0.29, 0.717) is 6.42 Å². The highest BCUT2D eigenvalue weighted by molar-refractivity contribution is 5.66. The monoisotopic (exact) mass is 177 g/mol. The molecule has 0 radical (unpaired) electrons. The number of carbonyl (C=O) groups is 1. The smallest absolute Gasteiger partial charge is 0.303 e. The summed E-state index contributed by atoms with van der Waals surface area (Å²) in [6.07, 6.45) is 5.88. The molecule has 0 amide bonds. The van der Waals surface area contributed by atoms with Crippen molar-refractivity contribution in [2.45, 2.75) is 45.4 Å². The minimum Gasteiger partial charge on any atom is -0.481 e. The summed E-state index contributed by atoms with van der Waals surface area (Å²) < 4.78 is 0. The molecule has 0 aliphatic heterocycles. The van der Waals surface area contributed by atoms with Crippen molar-refractivity contribution in [3.8, 4) is 0 Å². The molecule has 0 bridgehead atoms. The Morgan fingerprint density at radius 3 is 2.08 bits per heavy atom. The van der Waals surface area contributed by atoms with Crippen molar-refractivity contribution in [1.82, 2.24) is 0 Å². The zero-order chi connectivity index (χ0) is 9.82. The van der Waals surface area contributed by atoms with Crippen molar-refractivity contribution in [2.75, 3.05) is 0 Å². The molecule has 4 heteroatoms. The van der Waals surface area contributed by atoms with Gasteiger partial charge in [-0.25, -0.2) is 5.90 Å². The van der Waals surface area contributed by atoms with Crippen LogP contribution in [0.3, 0.4) is 0 Å². The lowest BCUT2D eigenvalue weighted by Crippen LogP contribution is -1.93. The molecule has 74 valence electrons. The molecular weight excluding hydrogens is 158 g/mol. The Bertz CT molecular complexity index is 96.3. The molecule has 4 N–H and O–H groups in total. The van der Waals surface area contributed by atoms with Gasteiger partial charge in [0.05, 0.1) is 0 Å². The van der Waals surface area contributed by atoms with E-state index in [9.17, 15) is 4.79 Å². The maximum Gasteiger partial charge on any atom is 0.303 e. The molecular formula is C8H19NO3. The summed E-state index contributed by atoms with van der Waals surface area (Å²) in [5.41, 5.74) is 0. The standard InChI is InChI=1S/C8H16O2.H3NO/c1-2-3-4-5-6-7-8(9)10;1-2/h2-7H2,1H3,(H,9,10);2H,1H2. The molecule has 0 aromatic carbocycles. The van der Waals surface area contributed by atoms with Crippen LogP contribution in [0.1, 0.15) is 45.4 Å². The average molecular weight is 177 g/mol. The number of hydrogen-bond donors (Lipinski definition) is 3. The zero-order valence-electron chi connectivity index (χ0n) is 7.62. The number of rotatable bonds is 6. The van der Waals surface area contributed by atoms with Gasteiger partial charge in [0, 0.05) is 6.42 Å². The van der Waals surface area contributed by atoms with E-state index in [-0.39, 0.29) is 0 Å². The first-order valence-corrected chi connectivity index (χ1v) is 4.25. The van der Waals surface area contributed by atoms with Crippen LogP contribution in [0.25, 0.3) is 0 Å². The molecule has 0 saturated carbocycles. The lowest BCUT2D eigenvalue weighted by Gasteiger charge is -1.95. The molecule has 0 heterocycles. The second-order valence-electron chi connectivity index (χ2n) is 2.56. The van der Waals surface area contributed by atoms with Gasteiger partial charge in [0.25, 0.3) is 0 Å². The highest BCUT2D eigenvalue weighted by atomic mass is 16.4.